The molecular weight excluding hydrogens is 434 g/mol. The summed E-state index contributed by atoms with van der Waals surface area (Å²) in [7, 11) is 1.64. The van der Waals surface area contributed by atoms with Crippen molar-refractivity contribution in [1.82, 2.24) is 25.3 Å². The van der Waals surface area contributed by atoms with Crippen LogP contribution in [0.3, 0.4) is 0 Å². The Hall–Kier alpha value is -2.78. The van der Waals surface area contributed by atoms with E-state index in [4.69, 9.17) is 16.3 Å². The highest BCUT2D eigenvalue weighted by Crippen LogP contribution is 2.32. The smallest absolute Gasteiger partial charge is 0.338 e. The number of nitrogens with zero attached hydrogens (tertiary/aromatic N) is 3. The summed E-state index contributed by atoms with van der Waals surface area (Å²) < 4.78 is 5.35. The molecule has 0 bridgehead atoms. The van der Waals surface area contributed by atoms with Gasteiger partial charge < -0.3 is 20.3 Å². The fourth-order valence-electron chi connectivity index (χ4n) is 3.92. The molecule has 0 radical (unpaired) electrons. The second-order valence-corrected chi connectivity index (χ2v) is 8.11. The highest BCUT2D eigenvalue weighted by molar-refractivity contribution is 6.30. The first-order valence-electron chi connectivity index (χ1n) is 10.8. The molecule has 0 spiro atoms. The summed E-state index contributed by atoms with van der Waals surface area (Å²) in [6, 6.07) is 6.04. The summed E-state index contributed by atoms with van der Waals surface area (Å²) in [5.41, 5.74) is 1.69. The lowest BCUT2D eigenvalue weighted by Gasteiger charge is -2.39. The molecule has 2 heterocycles. The number of halogens is 1. The van der Waals surface area contributed by atoms with Crippen molar-refractivity contribution in [2.75, 3.05) is 52.9 Å². The molecule has 174 valence electrons. The van der Waals surface area contributed by atoms with Gasteiger partial charge in [0.1, 0.15) is 0 Å². The fourth-order valence-corrected chi connectivity index (χ4v) is 4.12. The third-order valence-corrected chi connectivity index (χ3v) is 5.85. The Bertz CT molecular complexity index is 898. The van der Waals surface area contributed by atoms with Crippen LogP contribution in [0.1, 0.15) is 25.5 Å². The molecule has 1 saturated heterocycles. The fraction of sp³-hybridized carbons (Fsp3) is 0.500. The Morgan fingerprint density at radius 1 is 1.22 bits per heavy atom. The second kappa shape index (κ2) is 10.7. The van der Waals surface area contributed by atoms with E-state index in [1.54, 1.807) is 37.1 Å². The molecule has 32 heavy (non-hydrogen) atoms. The van der Waals surface area contributed by atoms with Gasteiger partial charge in [-0.15, -0.1) is 0 Å². The molecule has 1 fully saturated rings. The molecule has 2 N–H and O–H groups in total. The van der Waals surface area contributed by atoms with Crippen molar-refractivity contribution in [3.63, 3.8) is 0 Å². The van der Waals surface area contributed by atoms with Gasteiger partial charge in [0, 0.05) is 57.0 Å². The van der Waals surface area contributed by atoms with Gasteiger partial charge in [-0.3, -0.25) is 9.80 Å². The normalized spacial score (nSPS) is 19.6. The van der Waals surface area contributed by atoms with Crippen LogP contribution in [-0.2, 0) is 9.53 Å². The SMILES string of the molecule is CCNC(=O)N1CCN(CC2=C(C(=O)OCC)C(c3cccc(Cl)c3)NC(=O)N2C)CC1. The van der Waals surface area contributed by atoms with Crippen molar-refractivity contribution in [2.45, 2.75) is 19.9 Å². The van der Waals surface area contributed by atoms with Crippen LogP contribution in [0.15, 0.2) is 35.5 Å². The standard InChI is InChI=1S/C22H30ClN5O4/c1-4-24-21(30)28-11-9-27(10-12-28)14-17-18(20(29)32-5-2)19(25-22(31)26(17)3)15-7-6-8-16(23)13-15/h6-8,13,19H,4-5,9-12,14H2,1-3H3,(H,24,30)(H,25,31). The topological polar surface area (TPSA) is 94.2 Å². The van der Waals surface area contributed by atoms with Crippen LogP contribution in [0.25, 0.3) is 0 Å². The van der Waals surface area contributed by atoms with Gasteiger partial charge in [-0.2, -0.15) is 0 Å². The number of ether oxygens (including phenoxy) is 1. The third kappa shape index (κ3) is 5.34. The molecule has 0 aliphatic carbocycles. The zero-order chi connectivity index (χ0) is 23.3. The Morgan fingerprint density at radius 2 is 1.94 bits per heavy atom. The van der Waals surface area contributed by atoms with Crippen molar-refractivity contribution >= 4 is 29.6 Å². The van der Waals surface area contributed by atoms with E-state index in [-0.39, 0.29) is 18.7 Å². The average Bonchev–Trinajstić information content (AvgIpc) is 2.77. The van der Waals surface area contributed by atoms with Crippen LogP contribution in [0.5, 0.6) is 0 Å². The van der Waals surface area contributed by atoms with Crippen LogP contribution in [0.2, 0.25) is 5.02 Å². The van der Waals surface area contributed by atoms with Gasteiger partial charge in [0.25, 0.3) is 0 Å². The zero-order valence-electron chi connectivity index (χ0n) is 18.7. The largest absolute Gasteiger partial charge is 0.463 e. The molecule has 1 aromatic carbocycles. The molecule has 1 unspecified atom stereocenters. The van der Waals surface area contributed by atoms with Gasteiger partial charge in [-0.25, -0.2) is 14.4 Å². The van der Waals surface area contributed by atoms with Gasteiger partial charge in [-0.05, 0) is 31.5 Å². The average molecular weight is 464 g/mol. The van der Waals surface area contributed by atoms with E-state index in [0.717, 1.165) is 0 Å². The van der Waals surface area contributed by atoms with Crippen LogP contribution < -0.4 is 10.6 Å². The van der Waals surface area contributed by atoms with E-state index >= 15 is 0 Å². The van der Waals surface area contributed by atoms with Gasteiger partial charge in [-0.1, -0.05) is 23.7 Å². The molecule has 2 aliphatic rings. The van der Waals surface area contributed by atoms with E-state index in [2.05, 4.69) is 15.5 Å². The first-order valence-corrected chi connectivity index (χ1v) is 11.2. The van der Waals surface area contributed by atoms with E-state index < -0.39 is 12.0 Å². The lowest BCUT2D eigenvalue weighted by molar-refractivity contribution is -0.139. The monoisotopic (exact) mass is 463 g/mol. The number of rotatable bonds is 6. The molecule has 0 saturated carbocycles. The molecule has 1 aromatic rings. The lowest BCUT2D eigenvalue weighted by atomic mass is 9.94. The van der Waals surface area contributed by atoms with Gasteiger partial charge in [0.15, 0.2) is 0 Å². The summed E-state index contributed by atoms with van der Waals surface area (Å²) in [4.78, 5) is 43.2. The minimum absolute atomic E-state index is 0.0752. The summed E-state index contributed by atoms with van der Waals surface area (Å²) in [5.74, 6) is -0.472. The molecule has 4 amide bonds. The number of nitrogens with one attached hydrogen (secondary N) is 2. The molecule has 9 nitrogen and oxygen atoms in total. The molecule has 2 aliphatic heterocycles. The van der Waals surface area contributed by atoms with E-state index in [1.807, 2.05) is 13.0 Å². The van der Waals surface area contributed by atoms with Crippen molar-refractivity contribution in [3.8, 4) is 0 Å². The van der Waals surface area contributed by atoms with Crippen molar-refractivity contribution in [3.05, 3.63) is 46.1 Å². The number of amides is 4. The highest BCUT2D eigenvalue weighted by atomic mass is 35.5. The van der Waals surface area contributed by atoms with Crippen LogP contribution in [0.4, 0.5) is 9.59 Å². The first kappa shape index (κ1) is 23.9. The van der Waals surface area contributed by atoms with Gasteiger partial charge in [0.2, 0.25) is 0 Å². The van der Waals surface area contributed by atoms with E-state index in [9.17, 15) is 14.4 Å². The molecule has 10 heteroatoms. The number of carbonyl (C=O) groups excluding carboxylic acids is 3. The van der Waals surface area contributed by atoms with Crippen molar-refractivity contribution in [1.29, 1.82) is 0 Å². The number of esters is 1. The lowest BCUT2D eigenvalue weighted by Crippen LogP contribution is -2.54. The maximum atomic E-state index is 13.0. The summed E-state index contributed by atoms with van der Waals surface area (Å²) >= 11 is 6.17. The molecule has 3 rings (SSSR count). The minimum atomic E-state index is -0.664. The number of hydrogen-bond acceptors (Lipinski definition) is 5. The quantitative estimate of drug-likeness (QED) is 0.631. The van der Waals surface area contributed by atoms with Gasteiger partial charge in [0.05, 0.1) is 18.2 Å². The first-order chi connectivity index (χ1) is 15.3. The second-order valence-electron chi connectivity index (χ2n) is 7.68. The number of carbonyl (C=O) groups is 3. The maximum absolute atomic E-state index is 13.0. The molecular formula is C22H30ClN5O4. The van der Waals surface area contributed by atoms with Crippen LogP contribution in [0, 0.1) is 0 Å². The van der Waals surface area contributed by atoms with Crippen molar-refractivity contribution < 1.29 is 19.1 Å². The number of piperazine rings is 1. The Balaban J connectivity index is 1.89. The number of hydrogen-bond donors (Lipinski definition) is 2. The number of likely N-dealkylation sites (N-methyl/N-ethyl adjacent to an activating group) is 1. The molecule has 1 atom stereocenters. The van der Waals surface area contributed by atoms with Crippen molar-refractivity contribution in [2.24, 2.45) is 0 Å². The summed E-state index contributed by atoms with van der Waals surface area (Å²) in [5, 5.41) is 6.22. The zero-order valence-corrected chi connectivity index (χ0v) is 19.4. The predicted molar refractivity (Wildman–Crippen MR) is 121 cm³/mol. The third-order valence-electron chi connectivity index (χ3n) is 5.62. The minimum Gasteiger partial charge on any atom is -0.463 e. The summed E-state index contributed by atoms with van der Waals surface area (Å²) in [6.07, 6.45) is 0. The Kier molecular flexibility index (Phi) is 7.98. The van der Waals surface area contributed by atoms with Crippen LogP contribution in [-0.4, -0.2) is 85.7 Å². The van der Waals surface area contributed by atoms with E-state index in [0.29, 0.717) is 61.1 Å². The number of urea groups is 2. The maximum Gasteiger partial charge on any atom is 0.338 e. The summed E-state index contributed by atoms with van der Waals surface area (Å²) in [6.45, 7) is 7.24. The Labute approximate surface area is 193 Å². The molecule has 0 aromatic heterocycles. The van der Waals surface area contributed by atoms with Gasteiger partial charge >= 0.3 is 18.0 Å². The number of benzene rings is 1. The van der Waals surface area contributed by atoms with Crippen LogP contribution >= 0.6 is 11.6 Å². The van der Waals surface area contributed by atoms with E-state index in [1.165, 1.54) is 4.90 Å². The predicted octanol–water partition coefficient (Wildman–Crippen LogP) is 2.20. The highest BCUT2D eigenvalue weighted by Gasteiger charge is 2.37. The Morgan fingerprint density at radius 3 is 2.56 bits per heavy atom.